The number of piperidine rings is 1. The van der Waals surface area contributed by atoms with E-state index in [9.17, 15) is 14.4 Å². The summed E-state index contributed by atoms with van der Waals surface area (Å²) in [7, 11) is 0. The molecule has 0 radical (unpaired) electrons. The predicted molar refractivity (Wildman–Crippen MR) is 167 cm³/mol. The van der Waals surface area contributed by atoms with Gasteiger partial charge in [0.25, 0.3) is 0 Å². The fraction of sp³-hybridized carbons (Fsp3) is 0.500. The van der Waals surface area contributed by atoms with Crippen LogP contribution in [-0.4, -0.2) is 58.2 Å². The Morgan fingerprint density at radius 1 is 1.05 bits per heavy atom. The Morgan fingerprint density at radius 2 is 1.76 bits per heavy atom. The number of halogens is 1. The first-order valence-electron chi connectivity index (χ1n) is 15.0. The van der Waals surface area contributed by atoms with Crippen molar-refractivity contribution >= 4 is 50.9 Å². The first-order valence-corrected chi connectivity index (χ1v) is 16.2. The van der Waals surface area contributed by atoms with E-state index in [1.54, 1.807) is 6.20 Å². The van der Waals surface area contributed by atoms with Gasteiger partial charge >= 0.3 is 0 Å². The van der Waals surface area contributed by atoms with Crippen molar-refractivity contribution in [2.75, 3.05) is 19.6 Å². The van der Waals surface area contributed by atoms with Crippen molar-refractivity contribution in [3.63, 3.8) is 0 Å². The fourth-order valence-corrected chi connectivity index (χ4v) is 7.22. The van der Waals surface area contributed by atoms with Crippen molar-refractivity contribution in [2.24, 2.45) is 5.73 Å². The van der Waals surface area contributed by atoms with E-state index < -0.39 is 0 Å². The molecule has 1 aromatic carbocycles. The number of pyridine rings is 1. The van der Waals surface area contributed by atoms with E-state index in [1.165, 1.54) is 16.2 Å². The van der Waals surface area contributed by atoms with Gasteiger partial charge in [-0.05, 0) is 56.1 Å². The smallest absolute Gasteiger partial charge is 0.230 e. The van der Waals surface area contributed by atoms with Crippen LogP contribution in [-0.2, 0) is 20.9 Å². The predicted octanol–water partition coefficient (Wildman–Crippen LogP) is 6.24. The third kappa shape index (κ3) is 7.13. The zero-order chi connectivity index (χ0) is 29.6. The number of nitrogens with two attached hydrogens (primary N) is 1. The topological polar surface area (TPSA) is 106 Å². The Hall–Kier alpha value is -3.01. The zero-order valence-electron chi connectivity index (χ0n) is 24.2. The van der Waals surface area contributed by atoms with Crippen molar-refractivity contribution in [3.8, 4) is 16.9 Å². The van der Waals surface area contributed by atoms with Gasteiger partial charge in [0, 0.05) is 72.4 Å². The van der Waals surface area contributed by atoms with Crippen LogP contribution < -0.4 is 10.5 Å². The van der Waals surface area contributed by atoms with Gasteiger partial charge in [0.1, 0.15) is 11.9 Å². The van der Waals surface area contributed by atoms with Gasteiger partial charge in [-0.2, -0.15) is 0 Å². The number of aromatic nitrogens is 1. The van der Waals surface area contributed by atoms with Crippen LogP contribution in [0.25, 0.3) is 21.3 Å². The van der Waals surface area contributed by atoms with E-state index in [1.807, 2.05) is 36.1 Å². The van der Waals surface area contributed by atoms with Gasteiger partial charge in [-0.15, -0.1) is 11.3 Å². The Balaban J connectivity index is 1.28. The average Bonchev–Trinajstić information content (AvgIpc) is 3.54. The van der Waals surface area contributed by atoms with Crippen molar-refractivity contribution in [2.45, 2.75) is 83.8 Å². The van der Waals surface area contributed by atoms with E-state index in [0.29, 0.717) is 24.5 Å². The number of aryl methyl sites for hydroxylation is 1. The Morgan fingerprint density at radius 3 is 2.50 bits per heavy atom. The van der Waals surface area contributed by atoms with Gasteiger partial charge in [0.05, 0.1) is 16.8 Å². The molecule has 42 heavy (non-hydrogen) atoms. The molecule has 2 saturated heterocycles. The van der Waals surface area contributed by atoms with Crippen LogP contribution in [0.2, 0.25) is 5.02 Å². The lowest BCUT2D eigenvalue weighted by Gasteiger charge is -2.33. The fourth-order valence-electron chi connectivity index (χ4n) is 5.82. The number of nitrogens with zero attached hydrogens (tertiary/aromatic N) is 3. The number of carbonyl (C=O) groups excluding carboxylic acids is 3. The van der Waals surface area contributed by atoms with Crippen molar-refractivity contribution in [3.05, 3.63) is 45.9 Å². The van der Waals surface area contributed by atoms with Crippen LogP contribution in [0, 0.1) is 6.92 Å². The standard InChI is InChI=1S/C32H39ClN4O4S/c1-21-17-22(33)18-26(25-10-14-35-27-19-24(42-32(25)27)20-37-29(39)8-9-30(37)40)31(21)41-23-11-15-36(16-12-23)28(38)7-5-3-2-4-6-13-34/h10,14,17-19,23H,2-9,11-13,15-16,20,34H2,1H3. The van der Waals surface area contributed by atoms with Gasteiger partial charge < -0.3 is 15.4 Å². The molecule has 224 valence electrons. The molecule has 0 saturated carbocycles. The van der Waals surface area contributed by atoms with Crippen molar-refractivity contribution < 1.29 is 19.1 Å². The summed E-state index contributed by atoms with van der Waals surface area (Å²) in [5.74, 6) is 0.769. The lowest BCUT2D eigenvalue weighted by molar-refractivity contribution is -0.139. The monoisotopic (exact) mass is 610 g/mol. The molecule has 4 heterocycles. The average molecular weight is 611 g/mol. The summed E-state index contributed by atoms with van der Waals surface area (Å²) >= 11 is 8.08. The van der Waals surface area contributed by atoms with Crippen LogP contribution in [0.1, 0.15) is 74.6 Å². The quantitative estimate of drug-likeness (QED) is 0.192. The highest BCUT2D eigenvalue weighted by Gasteiger charge is 2.30. The number of unbranched alkanes of at least 4 members (excludes halogenated alkanes) is 4. The van der Waals surface area contributed by atoms with E-state index >= 15 is 0 Å². The summed E-state index contributed by atoms with van der Waals surface area (Å²) in [4.78, 5) is 45.9. The summed E-state index contributed by atoms with van der Waals surface area (Å²) in [5.41, 5.74) is 9.15. The number of hydrogen-bond acceptors (Lipinski definition) is 7. The number of ether oxygens (including phenoxy) is 1. The number of amides is 3. The molecule has 0 aliphatic carbocycles. The normalized spacial score (nSPS) is 16.2. The van der Waals surface area contributed by atoms with E-state index in [4.69, 9.17) is 22.1 Å². The molecule has 2 aliphatic heterocycles. The largest absolute Gasteiger partial charge is 0.489 e. The molecule has 0 bridgehead atoms. The highest BCUT2D eigenvalue weighted by atomic mass is 35.5. The molecule has 5 rings (SSSR count). The molecule has 2 N–H and O–H groups in total. The summed E-state index contributed by atoms with van der Waals surface area (Å²) in [5, 5.41) is 0.619. The molecule has 8 nitrogen and oxygen atoms in total. The maximum absolute atomic E-state index is 12.8. The van der Waals surface area contributed by atoms with Gasteiger partial charge in [0.15, 0.2) is 0 Å². The summed E-state index contributed by atoms with van der Waals surface area (Å²) in [6.07, 6.45) is 9.81. The van der Waals surface area contributed by atoms with Gasteiger partial charge in [-0.1, -0.05) is 30.9 Å². The first kappa shape index (κ1) is 30.4. The van der Waals surface area contributed by atoms with Gasteiger partial charge in [0.2, 0.25) is 17.7 Å². The van der Waals surface area contributed by atoms with Crippen molar-refractivity contribution in [1.82, 2.24) is 14.8 Å². The zero-order valence-corrected chi connectivity index (χ0v) is 25.8. The second-order valence-corrected chi connectivity index (χ2v) is 12.8. The summed E-state index contributed by atoms with van der Waals surface area (Å²) in [6.45, 7) is 4.39. The second-order valence-electron chi connectivity index (χ2n) is 11.3. The SMILES string of the molecule is Cc1cc(Cl)cc(-c2ccnc3cc(CN4C(=O)CCC4=O)sc23)c1OC1CCN(C(=O)CCCCCCCN)CC1. The lowest BCUT2D eigenvalue weighted by Crippen LogP contribution is -2.41. The molecule has 2 aliphatic rings. The maximum atomic E-state index is 12.8. The third-order valence-electron chi connectivity index (χ3n) is 8.14. The number of thiophene rings is 1. The molecule has 2 fully saturated rings. The highest BCUT2D eigenvalue weighted by Crippen LogP contribution is 2.42. The highest BCUT2D eigenvalue weighted by molar-refractivity contribution is 7.19. The summed E-state index contributed by atoms with van der Waals surface area (Å²) in [6, 6.07) is 7.75. The van der Waals surface area contributed by atoms with E-state index in [2.05, 4.69) is 4.98 Å². The van der Waals surface area contributed by atoms with Gasteiger partial charge in [-0.25, -0.2) is 0 Å². The van der Waals surface area contributed by atoms with Crippen LogP contribution in [0.15, 0.2) is 30.5 Å². The first-order chi connectivity index (χ1) is 20.3. The molecular weight excluding hydrogens is 572 g/mol. The lowest BCUT2D eigenvalue weighted by atomic mass is 10.0. The third-order valence-corrected chi connectivity index (χ3v) is 9.50. The molecule has 0 unspecified atom stereocenters. The minimum atomic E-state index is -0.127. The molecule has 2 aromatic heterocycles. The number of rotatable bonds is 12. The molecule has 0 atom stereocenters. The molecule has 0 spiro atoms. The Bertz CT molecular complexity index is 1430. The summed E-state index contributed by atoms with van der Waals surface area (Å²) < 4.78 is 7.62. The van der Waals surface area contributed by atoms with Crippen LogP contribution >= 0.6 is 22.9 Å². The Labute approximate surface area is 256 Å². The molecule has 3 amide bonds. The molecular formula is C32H39ClN4O4S. The van der Waals surface area contributed by atoms with Gasteiger partial charge in [-0.3, -0.25) is 24.3 Å². The van der Waals surface area contributed by atoms with Crippen molar-refractivity contribution in [1.29, 1.82) is 0 Å². The number of imide groups is 1. The number of benzene rings is 1. The number of hydrogen-bond donors (Lipinski definition) is 1. The Kier molecular flexibility index (Phi) is 10.1. The molecule has 3 aromatic rings. The van der Waals surface area contributed by atoms with Crippen LogP contribution in [0.3, 0.4) is 0 Å². The minimum absolute atomic E-state index is 0.00708. The minimum Gasteiger partial charge on any atom is -0.489 e. The molecule has 10 heteroatoms. The number of likely N-dealkylation sites (tertiary alicyclic amines) is 2. The second kappa shape index (κ2) is 14.0. The number of fused-ring (bicyclic) bond motifs is 1. The van der Waals surface area contributed by atoms with Crippen LogP contribution in [0.4, 0.5) is 0 Å². The van der Waals surface area contributed by atoms with E-state index in [0.717, 1.165) is 89.0 Å². The van der Waals surface area contributed by atoms with Crippen LogP contribution in [0.5, 0.6) is 5.75 Å². The van der Waals surface area contributed by atoms with E-state index in [-0.39, 0.29) is 43.2 Å². The number of carbonyl (C=O) groups is 3. The maximum Gasteiger partial charge on any atom is 0.230 e.